The van der Waals surface area contributed by atoms with Gasteiger partial charge in [0.15, 0.2) is 5.11 Å². The highest BCUT2D eigenvalue weighted by Crippen LogP contribution is 2.32. The Morgan fingerprint density at radius 1 is 1.52 bits per heavy atom. The SMILES string of the molecule is CCOC(=O)C1=C(C)N(C)C(=S)N[C@@H]1c1cccc([N+](=O)[O-])c1. The van der Waals surface area contributed by atoms with Gasteiger partial charge in [-0.2, -0.15) is 0 Å². The largest absolute Gasteiger partial charge is 0.463 e. The molecule has 1 aromatic rings. The van der Waals surface area contributed by atoms with E-state index in [2.05, 4.69) is 5.32 Å². The average molecular weight is 335 g/mol. The van der Waals surface area contributed by atoms with E-state index < -0.39 is 16.9 Å². The predicted molar refractivity (Wildman–Crippen MR) is 88.7 cm³/mol. The molecule has 0 saturated carbocycles. The van der Waals surface area contributed by atoms with Crippen LogP contribution in [0, 0.1) is 10.1 Å². The third-order valence-electron chi connectivity index (χ3n) is 3.66. The van der Waals surface area contributed by atoms with Crippen molar-refractivity contribution in [1.29, 1.82) is 0 Å². The molecular weight excluding hydrogens is 318 g/mol. The van der Waals surface area contributed by atoms with Crippen LogP contribution in [-0.2, 0) is 9.53 Å². The number of nitro benzene ring substituents is 1. The fourth-order valence-electron chi connectivity index (χ4n) is 2.38. The molecule has 0 amide bonds. The summed E-state index contributed by atoms with van der Waals surface area (Å²) < 4.78 is 5.12. The van der Waals surface area contributed by atoms with Crippen LogP contribution in [0.1, 0.15) is 25.5 Å². The molecule has 0 bridgehead atoms. The second-order valence-electron chi connectivity index (χ2n) is 5.01. The minimum atomic E-state index is -0.586. The second-order valence-corrected chi connectivity index (χ2v) is 5.40. The topological polar surface area (TPSA) is 84.7 Å². The highest BCUT2D eigenvalue weighted by molar-refractivity contribution is 7.80. The fourth-order valence-corrected chi connectivity index (χ4v) is 2.63. The van der Waals surface area contributed by atoms with E-state index in [0.717, 1.165) is 0 Å². The number of thiocarbonyl (C=S) groups is 1. The van der Waals surface area contributed by atoms with Gasteiger partial charge in [-0.3, -0.25) is 10.1 Å². The summed E-state index contributed by atoms with van der Waals surface area (Å²) >= 11 is 5.27. The number of hydrogen-bond donors (Lipinski definition) is 1. The monoisotopic (exact) mass is 335 g/mol. The quantitative estimate of drug-likeness (QED) is 0.391. The zero-order valence-corrected chi connectivity index (χ0v) is 13.8. The molecule has 1 aromatic carbocycles. The number of hydrogen-bond acceptors (Lipinski definition) is 5. The molecular formula is C15H17N3O4S. The Morgan fingerprint density at radius 3 is 2.83 bits per heavy atom. The van der Waals surface area contributed by atoms with E-state index in [0.29, 0.717) is 21.9 Å². The maximum atomic E-state index is 12.3. The van der Waals surface area contributed by atoms with Gasteiger partial charge in [0.2, 0.25) is 0 Å². The average Bonchev–Trinajstić information content (AvgIpc) is 2.52. The van der Waals surface area contributed by atoms with Gasteiger partial charge in [-0.1, -0.05) is 12.1 Å². The molecule has 0 spiro atoms. The van der Waals surface area contributed by atoms with E-state index in [1.165, 1.54) is 12.1 Å². The summed E-state index contributed by atoms with van der Waals surface area (Å²) in [7, 11) is 1.74. The van der Waals surface area contributed by atoms with Gasteiger partial charge in [0.1, 0.15) is 0 Å². The van der Waals surface area contributed by atoms with Crippen molar-refractivity contribution in [2.45, 2.75) is 19.9 Å². The van der Waals surface area contributed by atoms with Crippen molar-refractivity contribution in [3.63, 3.8) is 0 Å². The highest BCUT2D eigenvalue weighted by Gasteiger charge is 2.33. The van der Waals surface area contributed by atoms with E-state index >= 15 is 0 Å². The zero-order valence-electron chi connectivity index (χ0n) is 13.0. The second kappa shape index (κ2) is 6.74. The third-order valence-corrected chi connectivity index (χ3v) is 4.06. The number of nitro groups is 1. The molecule has 2 rings (SSSR count). The van der Waals surface area contributed by atoms with Crippen molar-refractivity contribution in [2.24, 2.45) is 0 Å². The normalized spacial score (nSPS) is 17.8. The Bertz CT molecular complexity index is 702. The van der Waals surface area contributed by atoms with Crippen molar-refractivity contribution < 1.29 is 14.5 Å². The van der Waals surface area contributed by atoms with Crippen molar-refractivity contribution in [2.75, 3.05) is 13.7 Å². The standard InChI is InChI=1S/C15H17N3O4S/c1-4-22-14(19)12-9(2)17(3)15(23)16-13(12)10-6-5-7-11(8-10)18(20)21/h5-8,13H,4H2,1-3H3,(H,16,23)/t13-/m1/s1. The lowest BCUT2D eigenvalue weighted by Crippen LogP contribution is -2.46. The van der Waals surface area contributed by atoms with Crippen molar-refractivity contribution >= 4 is 29.0 Å². The smallest absolute Gasteiger partial charge is 0.338 e. The van der Waals surface area contributed by atoms with E-state index in [4.69, 9.17) is 17.0 Å². The summed E-state index contributed by atoms with van der Waals surface area (Å²) in [6, 6.07) is 5.53. The molecule has 23 heavy (non-hydrogen) atoms. The molecule has 8 heteroatoms. The van der Waals surface area contributed by atoms with Gasteiger partial charge in [0.25, 0.3) is 5.69 Å². The first-order valence-electron chi connectivity index (χ1n) is 7.03. The first kappa shape index (κ1) is 16.9. The maximum absolute atomic E-state index is 12.3. The molecule has 7 nitrogen and oxygen atoms in total. The number of non-ortho nitro benzene ring substituents is 1. The molecule has 0 unspecified atom stereocenters. The zero-order chi connectivity index (χ0) is 17.1. The number of ether oxygens (including phenoxy) is 1. The van der Waals surface area contributed by atoms with Crippen LogP contribution in [0.4, 0.5) is 5.69 Å². The van der Waals surface area contributed by atoms with Gasteiger partial charge in [-0.25, -0.2) is 4.79 Å². The lowest BCUT2D eigenvalue weighted by molar-refractivity contribution is -0.384. The molecule has 0 radical (unpaired) electrons. The molecule has 1 heterocycles. The molecule has 0 fully saturated rings. The molecule has 1 aliphatic heterocycles. The molecule has 1 atom stereocenters. The first-order chi connectivity index (χ1) is 10.9. The van der Waals surface area contributed by atoms with Gasteiger partial charge in [-0.05, 0) is 31.6 Å². The van der Waals surface area contributed by atoms with Crippen LogP contribution in [0.25, 0.3) is 0 Å². The Labute approximate surface area is 139 Å². The van der Waals surface area contributed by atoms with E-state index in [9.17, 15) is 14.9 Å². The Hall–Kier alpha value is -2.48. The number of benzene rings is 1. The number of nitrogens with one attached hydrogen (secondary N) is 1. The summed E-state index contributed by atoms with van der Waals surface area (Å²) in [5, 5.41) is 14.5. The van der Waals surface area contributed by atoms with E-state index in [1.54, 1.807) is 37.9 Å². The summed E-state index contributed by atoms with van der Waals surface area (Å²) in [6.45, 7) is 3.73. The Kier molecular flexibility index (Phi) is 4.95. The first-order valence-corrected chi connectivity index (χ1v) is 7.44. The molecule has 0 saturated heterocycles. The van der Waals surface area contributed by atoms with Crippen LogP contribution in [0.3, 0.4) is 0 Å². The number of allylic oxidation sites excluding steroid dienone is 1. The lowest BCUT2D eigenvalue weighted by Gasteiger charge is -2.35. The van der Waals surface area contributed by atoms with Crippen LogP contribution in [0.15, 0.2) is 35.5 Å². The number of carbonyl (C=O) groups is 1. The summed E-state index contributed by atoms with van der Waals surface area (Å²) in [5.41, 5.74) is 1.58. The van der Waals surface area contributed by atoms with Gasteiger partial charge in [-0.15, -0.1) is 0 Å². The molecule has 0 aliphatic carbocycles. The number of carbonyl (C=O) groups excluding carboxylic acids is 1. The maximum Gasteiger partial charge on any atom is 0.338 e. The minimum Gasteiger partial charge on any atom is -0.463 e. The van der Waals surface area contributed by atoms with Crippen molar-refractivity contribution in [3.8, 4) is 0 Å². The Balaban J connectivity index is 2.53. The van der Waals surface area contributed by atoms with Crippen LogP contribution in [0.5, 0.6) is 0 Å². The van der Waals surface area contributed by atoms with Crippen LogP contribution >= 0.6 is 12.2 Å². The number of esters is 1. The van der Waals surface area contributed by atoms with E-state index in [1.807, 2.05) is 0 Å². The third kappa shape index (κ3) is 3.31. The summed E-state index contributed by atoms with van der Waals surface area (Å²) in [4.78, 5) is 24.5. The van der Waals surface area contributed by atoms with Gasteiger partial charge < -0.3 is 15.0 Å². The van der Waals surface area contributed by atoms with Crippen molar-refractivity contribution in [1.82, 2.24) is 10.2 Å². The lowest BCUT2D eigenvalue weighted by atomic mass is 9.95. The van der Waals surface area contributed by atoms with Gasteiger partial charge in [0, 0.05) is 24.9 Å². The Morgan fingerprint density at radius 2 is 2.22 bits per heavy atom. The van der Waals surface area contributed by atoms with Crippen molar-refractivity contribution in [3.05, 3.63) is 51.2 Å². The number of rotatable bonds is 4. The molecule has 122 valence electrons. The predicted octanol–water partition coefficient (Wildman–Crippen LogP) is 2.29. The minimum absolute atomic E-state index is 0.0463. The summed E-state index contributed by atoms with van der Waals surface area (Å²) in [6.07, 6.45) is 0. The fraction of sp³-hybridized carbons (Fsp3) is 0.333. The molecule has 0 aromatic heterocycles. The van der Waals surface area contributed by atoms with E-state index in [-0.39, 0.29) is 12.3 Å². The van der Waals surface area contributed by atoms with Gasteiger partial charge in [0.05, 0.1) is 23.1 Å². The van der Waals surface area contributed by atoms with Crippen LogP contribution in [-0.4, -0.2) is 34.6 Å². The number of nitrogens with zero attached hydrogens (tertiary/aromatic N) is 2. The summed E-state index contributed by atoms with van der Waals surface area (Å²) in [5.74, 6) is -0.469. The van der Waals surface area contributed by atoms with Crippen LogP contribution in [0.2, 0.25) is 0 Å². The van der Waals surface area contributed by atoms with Crippen LogP contribution < -0.4 is 5.32 Å². The molecule has 1 aliphatic rings. The molecule has 1 N–H and O–H groups in total. The van der Waals surface area contributed by atoms with Gasteiger partial charge >= 0.3 is 5.97 Å². The highest BCUT2D eigenvalue weighted by atomic mass is 32.1.